The molecule has 0 amide bonds. The van der Waals surface area contributed by atoms with E-state index < -0.39 is 12.7 Å². The van der Waals surface area contributed by atoms with Crippen molar-refractivity contribution >= 4 is 11.6 Å². The second-order valence-electron chi connectivity index (χ2n) is 3.95. The lowest BCUT2D eigenvalue weighted by molar-refractivity contribution is -0.120. The summed E-state index contributed by atoms with van der Waals surface area (Å²) < 4.78 is 37.3. The fraction of sp³-hybridized carbons (Fsp3) is 0.636. The van der Waals surface area contributed by atoms with E-state index in [0.717, 1.165) is 11.3 Å². The Morgan fingerprint density at radius 2 is 2.11 bits per heavy atom. The maximum atomic E-state index is 12.4. The Kier molecular flexibility index (Phi) is 5.81. The summed E-state index contributed by atoms with van der Waals surface area (Å²) in [5, 5.41) is 11.8. The summed E-state index contributed by atoms with van der Waals surface area (Å²) in [6.07, 6.45) is -0.791. The van der Waals surface area contributed by atoms with Gasteiger partial charge < -0.3 is 15.3 Å². The Morgan fingerprint density at radius 3 is 2.68 bits per heavy atom. The molecule has 0 aliphatic rings. The summed E-state index contributed by atoms with van der Waals surface area (Å²) in [7, 11) is 0. The average Bonchev–Trinajstić information content (AvgIpc) is 2.35. The van der Waals surface area contributed by atoms with Crippen LogP contribution < -0.4 is 10.2 Å². The summed E-state index contributed by atoms with van der Waals surface area (Å²) >= 11 is 0. The van der Waals surface area contributed by atoms with E-state index in [1.54, 1.807) is 0 Å². The van der Waals surface area contributed by atoms with Gasteiger partial charge in [-0.2, -0.15) is 13.2 Å². The maximum absolute atomic E-state index is 12.4. The van der Waals surface area contributed by atoms with Crippen LogP contribution in [-0.2, 0) is 0 Å². The van der Waals surface area contributed by atoms with Crippen LogP contribution in [0.5, 0.6) is 0 Å². The molecule has 0 aliphatic heterocycles. The minimum Gasteiger partial charge on any atom is -0.395 e. The van der Waals surface area contributed by atoms with Gasteiger partial charge in [0.05, 0.1) is 19.0 Å². The summed E-state index contributed by atoms with van der Waals surface area (Å²) in [4.78, 5) is 8.86. The minimum absolute atomic E-state index is 0.0903. The van der Waals surface area contributed by atoms with Crippen LogP contribution in [0.3, 0.4) is 0 Å². The topological polar surface area (TPSA) is 61.3 Å². The summed E-state index contributed by atoms with van der Waals surface area (Å²) in [5.74, 6) is 0.511. The lowest BCUT2D eigenvalue weighted by Gasteiger charge is -2.24. The van der Waals surface area contributed by atoms with E-state index in [4.69, 9.17) is 5.11 Å². The first kappa shape index (κ1) is 15.5. The summed E-state index contributed by atoms with van der Waals surface area (Å²) in [6.45, 7) is 0.929. The van der Waals surface area contributed by atoms with Gasteiger partial charge in [0.25, 0.3) is 0 Å². The number of rotatable bonds is 7. The van der Waals surface area contributed by atoms with Gasteiger partial charge in [-0.25, -0.2) is 4.98 Å². The molecule has 5 nitrogen and oxygen atoms in total. The smallest absolute Gasteiger partial charge is 0.395 e. The van der Waals surface area contributed by atoms with Crippen molar-refractivity contribution in [3.8, 4) is 0 Å². The number of hydrogen-bond donors (Lipinski definition) is 2. The zero-order valence-electron chi connectivity index (χ0n) is 10.6. The molecule has 0 spiro atoms. The van der Waals surface area contributed by atoms with E-state index in [0.29, 0.717) is 12.4 Å². The van der Waals surface area contributed by atoms with E-state index in [1.807, 2.05) is 6.92 Å². The first-order chi connectivity index (χ1) is 8.96. The zero-order valence-corrected chi connectivity index (χ0v) is 10.6. The molecule has 0 radical (unpaired) electrons. The van der Waals surface area contributed by atoms with Crippen LogP contribution in [0, 0.1) is 0 Å². The average molecular weight is 278 g/mol. The molecule has 19 heavy (non-hydrogen) atoms. The van der Waals surface area contributed by atoms with E-state index in [1.165, 1.54) is 12.4 Å². The molecule has 0 fully saturated rings. The van der Waals surface area contributed by atoms with Crippen molar-refractivity contribution in [3.05, 3.63) is 12.4 Å². The number of nitrogens with one attached hydrogen (secondary N) is 1. The fourth-order valence-corrected chi connectivity index (χ4v) is 1.46. The molecule has 1 heterocycles. The molecule has 1 rings (SSSR count). The Labute approximate surface area is 109 Å². The molecule has 0 atom stereocenters. The van der Waals surface area contributed by atoms with Gasteiger partial charge in [-0.3, -0.25) is 4.98 Å². The molecule has 0 unspecified atom stereocenters. The van der Waals surface area contributed by atoms with Gasteiger partial charge in [-0.05, 0) is 6.42 Å². The first-order valence-electron chi connectivity index (χ1n) is 5.94. The van der Waals surface area contributed by atoms with Crippen LogP contribution in [-0.4, -0.2) is 47.5 Å². The van der Waals surface area contributed by atoms with Crippen molar-refractivity contribution in [1.82, 2.24) is 9.97 Å². The van der Waals surface area contributed by atoms with Gasteiger partial charge in [-0.15, -0.1) is 0 Å². The van der Waals surface area contributed by atoms with Gasteiger partial charge in [0.1, 0.15) is 18.2 Å². The number of anilines is 2. The third-order valence-corrected chi connectivity index (χ3v) is 2.24. The van der Waals surface area contributed by atoms with Crippen molar-refractivity contribution in [2.75, 3.05) is 36.5 Å². The van der Waals surface area contributed by atoms with Crippen LogP contribution >= 0.6 is 0 Å². The Morgan fingerprint density at radius 1 is 1.37 bits per heavy atom. The van der Waals surface area contributed by atoms with E-state index in [2.05, 4.69) is 15.3 Å². The van der Waals surface area contributed by atoms with Crippen LogP contribution in [0.1, 0.15) is 13.3 Å². The largest absolute Gasteiger partial charge is 0.405 e. The van der Waals surface area contributed by atoms with E-state index >= 15 is 0 Å². The number of hydrogen-bond acceptors (Lipinski definition) is 5. The van der Waals surface area contributed by atoms with Gasteiger partial charge in [0, 0.05) is 13.1 Å². The number of alkyl halides is 3. The molecule has 2 N–H and O–H groups in total. The van der Waals surface area contributed by atoms with Crippen molar-refractivity contribution < 1.29 is 18.3 Å². The molecular weight excluding hydrogens is 261 g/mol. The van der Waals surface area contributed by atoms with Crippen LogP contribution in [0.15, 0.2) is 12.4 Å². The highest BCUT2D eigenvalue weighted by Crippen LogP contribution is 2.20. The van der Waals surface area contributed by atoms with Crippen LogP contribution in [0.4, 0.5) is 24.8 Å². The van der Waals surface area contributed by atoms with Gasteiger partial charge in [0.2, 0.25) is 0 Å². The quantitative estimate of drug-likeness (QED) is 0.794. The second-order valence-corrected chi connectivity index (χ2v) is 3.95. The highest BCUT2D eigenvalue weighted by Gasteiger charge is 2.31. The predicted octanol–water partition coefficient (Wildman–Crippen LogP) is 1.66. The lowest BCUT2D eigenvalue weighted by Crippen LogP contribution is -2.37. The molecule has 0 aliphatic carbocycles. The van der Waals surface area contributed by atoms with Crippen molar-refractivity contribution in [2.45, 2.75) is 19.5 Å². The molecule has 8 heteroatoms. The van der Waals surface area contributed by atoms with Crippen molar-refractivity contribution in [2.24, 2.45) is 0 Å². The highest BCUT2D eigenvalue weighted by atomic mass is 19.4. The molecule has 0 saturated heterocycles. The number of halogens is 3. The van der Waals surface area contributed by atoms with Crippen LogP contribution in [0.2, 0.25) is 0 Å². The molecule has 108 valence electrons. The van der Waals surface area contributed by atoms with Gasteiger partial charge in [-0.1, -0.05) is 6.92 Å². The fourth-order valence-electron chi connectivity index (χ4n) is 1.46. The number of nitrogens with zero attached hydrogens (tertiary/aromatic N) is 3. The standard InChI is InChI=1S/C11H17F3N4O/c1-2-3-16-9-6-15-7-10(17-9)18(4-5-19)8-11(12,13)14/h6-7,19H,2-5,8H2,1H3,(H,16,17). The lowest BCUT2D eigenvalue weighted by atomic mass is 10.4. The molecule has 1 aromatic heterocycles. The maximum Gasteiger partial charge on any atom is 0.405 e. The van der Waals surface area contributed by atoms with E-state index in [-0.39, 0.29) is 19.0 Å². The number of aromatic nitrogens is 2. The highest BCUT2D eigenvalue weighted by molar-refractivity contribution is 5.44. The minimum atomic E-state index is -4.36. The molecular formula is C11H17F3N4O. The molecule has 0 saturated carbocycles. The number of aliphatic hydroxyl groups excluding tert-OH is 1. The molecule has 0 aromatic carbocycles. The third kappa shape index (κ3) is 5.73. The van der Waals surface area contributed by atoms with Crippen molar-refractivity contribution in [1.29, 1.82) is 0 Å². The summed E-state index contributed by atoms with van der Waals surface area (Å²) in [6, 6.07) is 0. The Bertz CT molecular complexity index is 386. The van der Waals surface area contributed by atoms with Crippen LogP contribution in [0.25, 0.3) is 0 Å². The monoisotopic (exact) mass is 278 g/mol. The molecule has 0 bridgehead atoms. The predicted molar refractivity (Wildman–Crippen MR) is 66.2 cm³/mol. The Balaban J connectivity index is 2.83. The van der Waals surface area contributed by atoms with Gasteiger partial charge >= 0.3 is 6.18 Å². The SMILES string of the molecule is CCCNc1cncc(N(CCO)CC(F)(F)F)n1. The number of aliphatic hydroxyl groups is 1. The zero-order chi connectivity index (χ0) is 14.3. The van der Waals surface area contributed by atoms with Crippen molar-refractivity contribution in [3.63, 3.8) is 0 Å². The van der Waals surface area contributed by atoms with E-state index in [9.17, 15) is 13.2 Å². The normalized spacial score (nSPS) is 11.4. The second kappa shape index (κ2) is 7.13. The summed E-state index contributed by atoms with van der Waals surface area (Å²) in [5.41, 5.74) is 0. The molecule has 1 aromatic rings. The Hall–Kier alpha value is -1.57. The third-order valence-electron chi connectivity index (χ3n) is 2.24. The first-order valence-corrected chi connectivity index (χ1v) is 5.94. The van der Waals surface area contributed by atoms with Gasteiger partial charge in [0.15, 0.2) is 0 Å².